The minimum absolute atomic E-state index is 0.0890. The number of hydrogen-bond donors (Lipinski definition) is 1. The zero-order valence-corrected chi connectivity index (χ0v) is 14.1. The summed E-state index contributed by atoms with van der Waals surface area (Å²) < 4.78 is 80.3. The van der Waals surface area contributed by atoms with Crippen LogP contribution in [0.2, 0.25) is 0 Å². The molecule has 1 aromatic heterocycles. The molecular formula is C18H11F6N3O. The molecule has 1 N–H and O–H groups in total. The van der Waals surface area contributed by atoms with Crippen LogP contribution in [-0.2, 0) is 13.2 Å². The summed E-state index contributed by atoms with van der Waals surface area (Å²) in [6.45, 7) is 0. The number of halogens is 6. The monoisotopic (exact) mass is 399 g/mol. The second-order valence-corrected chi connectivity index (χ2v) is 5.80. The average Bonchev–Trinajstić information content (AvgIpc) is 3.00. The van der Waals surface area contributed by atoms with Crippen LogP contribution in [-0.4, -0.2) is 15.7 Å². The number of aryl methyl sites for hydroxylation is 1. The molecule has 10 heteroatoms. The van der Waals surface area contributed by atoms with Crippen molar-refractivity contribution in [2.75, 3.05) is 5.32 Å². The number of anilines is 1. The maximum absolute atomic E-state index is 13.6. The van der Waals surface area contributed by atoms with Gasteiger partial charge < -0.3 is 5.32 Å². The molecule has 28 heavy (non-hydrogen) atoms. The predicted molar refractivity (Wildman–Crippen MR) is 87.9 cm³/mol. The van der Waals surface area contributed by atoms with Crippen molar-refractivity contribution >= 4 is 11.6 Å². The fourth-order valence-corrected chi connectivity index (χ4v) is 2.66. The van der Waals surface area contributed by atoms with Crippen LogP contribution in [0.25, 0.3) is 11.1 Å². The third kappa shape index (κ3) is 3.71. The fourth-order valence-electron chi connectivity index (χ4n) is 2.66. The Hall–Kier alpha value is -3.30. The number of amides is 1. The number of aromatic nitrogens is 2. The molecule has 1 amide bonds. The van der Waals surface area contributed by atoms with Crippen LogP contribution < -0.4 is 5.32 Å². The molecule has 0 unspecified atom stereocenters. The minimum Gasteiger partial charge on any atom is -0.321 e. The molecule has 0 saturated heterocycles. The first-order valence-corrected chi connectivity index (χ1v) is 7.73. The molecule has 0 aliphatic carbocycles. The van der Waals surface area contributed by atoms with Crippen LogP contribution in [0.4, 0.5) is 32.0 Å². The number of alkyl halides is 3. The molecule has 3 aromatic rings. The smallest absolute Gasteiger partial charge is 0.321 e. The van der Waals surface area contributed by atoms with Gasteiger partial charge in [-0.1, -0.05) is 6.07 Å². The van der Waals surface area contributed by atoms with E-state index in [2.05, 4.69) is 10.4 Å². The van der Waals surface area contributed by atoms with Gasteiger partial charge in [-0.15, -0.1) is 0 Å². The van der Waals surface area contributed by atoms with Gasteiger partial charge in [-0.3, -0.25) is 9.48 Å². The molecule has 1 heterocycles. The molecule has 0 aliphatic heterocycles. The van der Waals surface area contributed by atoms with E-state index in [-0.39, 0.29) is 16.8 Å². The van der Waals surface area contributed by atoms with Crippen molar-refractivity contribution in [2.45, 2.75) is 6.18 Å². The minimum atomic E-state index is -4.84. The lowest BCUT2D eigenvalue weighted by molar-refractivity contribution is -0.144. The van der Waals surface area contributed by atoms with E-state index in [9.17, 15) is 31.1 Å². The summed E-state index contributed by atoms with van der Waals surface area (Å²) in [7, 11) is 1.02. The van der Waals surface area contributed by atoms with Gasteiger partial charge in [0.2, 0.25) is 0 Å². The van der Waals surface area contributed by atoms with Gasteiger partial charge in [-0.05, 0) is 35.9 Å². The van der Waals surface area contributed by atoms with Gasteiger partial charge in [-0.2, -0.15) is 18.3 Å². The van der Waals surface area contributed by atoms with Crippen molar-refractivity contribution in [1.82, 2.24) is 9.78 Å². The van der Waals surface area contributed by atoms with Crippen LogP contribution >= 0.6 is 0 Å². The molecule has 0 aliphatic rings. The highest BCUT2D eigenvalue weighted by atomic mass is 19.4. The lowest BCUT2D eigenvalue weighted by Gasteiger charge is -2.13. The summed E-state index contributed by atoms with van der Waals surface area (Å²) in [4.78, 5) is 12.4. The Balaban J connectivity index is 2.03. The Labute approximate surface area is 154 Å². The Kier molecular flexibility index (Phi) is 4.88. The van der Waals surface area contributed by atoms with Gasteiger partial charge in [0.1, 0.15) is 5.82 Å². The van der Waals surface area contributed by atoms with Gasteiger partial charge in [-0.25, -0.2) is 13.2 Å². The lowest BCUT2D eigenvalue weighted by Crippen LogP contribution is -2.20. The molecule has 3 rings (SSSR count). The molecule has 4 nitrogen and oxygen atoms in total. The average molecular weight is 399 g/mol. The molecule has 0 radical (unpaired) electrons. The zero-order valence-electron chi connectivity index (χ0n) is 14.1. The number of benzene rings is 2. The van der Waals surface area contributed by atoms with E-state index in [1.165, 1.54) is 12.1 Å². The molecule has 2 aromatic carbocycles. The van der Waals surface area contributed by atoms with E-state index in [4.69, 9.17) is 0 Å². The van der Waals surface area contributed by atoms with E-state index in [0.717, 1.165) is 37.5 Å². The number of nitrogens with zero attached hydrogens (tertiary/aromatic N) is 2. The third-order valence-electron chi connectivity index (χ3n) is 3.91. The molecule has 0 saturated carbocycles. The first-order chi connectivity index (χ1) is 13.1. The van der Waals surface area contributed by atoms with Gasteiger partial charge in [0, 0.05) is 12.6 Å². The molecule has 0 atom stereocenters. The number of carbonyl (C=O) groups is 1. The van der Waals surface area contributed by atoms with E-state index in [0.29, 0.717) is 4.68 Å². The topological polar surface area (TPSA) is 46.9 Å². The van der Waals surface area contributed by atoms with Gasteiger partial charge in [0.15, 0.2) is 17.3 Å². The van der Waals surface area contributed by atoms with Crippen molar-refractivity contribution in [2.24, 2.45) is 7.05 Å². The van der Waals surface area contributed by atoms with Gasteiger partial charge in [0.05, 0.1) is 17.4 Å². The third-order valence-corrected chi connectivity index (χ3v) is 3.91. The maximum Gasteiger partial charge on any atom is 0.433 e. The number of nitrogens with one attached hydrogen (secondary N) is 1. The Morgan fingerprint density at radius 1 is 1.04 bits per heavy atom. The highest BCUT2D eigenvalue weighted by Crippen LogP contribution is 2.33. The SMILES string of the molecule is Cn1ncc(C(=O)Nc2cc(F)ccc2-c2ccc(F)c(F)c2)c1C(F)(F)F. The van der Waals surface area contributed by atoms with E-state index >= 15 is 0 Å². The van der Waals surface area contributed by atoms with E-state index in [1.54, 1.807) is 0 Å². The molecule has 146 valence electrons. The number of carbonyl (C=O) groups excluding carboxylic acids is 1. The van der Waals surface area contributed by atoms with Gasteiger partial charge >= 0.3 is 6.18 Å². The highest BCUT2D eigenvalue weighted by Gasteiger charge is 2.39. The molecule has 0 bridgehead atoms. The summed E-state index contributed by atoms with van der Waals surface area (Å²) in [6.07, 6.45) is -4.11. The first kappa shape index (κ1) is 19.5. The number of hydrogen-bond acceptors (Lipinski definition) is 2. The van der Waals surface area contributed by atoms with Crippen molar-refractivity contribution < 1.29 is 31.1 Å². The van der Waals surface area contributed by atoms with Gasteiger partial charge in [0.25, 0.3) is 5.91 Å². The van der Waals surface area contributed by atoms with Crippen molar-refractivity contribution in [3.8, 4) is 11.1 Å². The quantitative estimate of drug-likeness (QED) is 0.645. The van der Waals surface area contributed by atoms with E-state index < -0.39 is 40.8 Å². The van der Waals surface area contributed by atoms with Crippen LogP contribution in [0.5, 0.6) is 0 Å². The lowest BCUT2D eigenvalue weighted by atomic mass is 10.0. The summed E-state index contributed by atoms with van der Waals surface area (Å²) >= 11 is 0. The summed E-state index contributed by atoms with van der Waals surface area (Å²) in [6, 6.07) is 5.90. The fraction of sp³-hybridized carbons (Fsp3) is 0.111. The Morgan fingerprint density at radius 3 is 2.39 bits per heavy atom. The van der Waals surface area contributed by atoms with Crippen LogP contribution in [0.3, 0.4) is 0 Å². The highest BCUT2D eigenvalue weighted by molar-refractivity contribution is 6.07. The summed E-state index contributed by atoms with van der Waals surface area (Å²) in [5.41, 5.74) is -2.08. The van der Waals surface area contributed by atoms with Crippen LogP contribution in [0, 0.1) is 17.5 Å². The standard InChI is InChI=1S/C18H11F6N3O/c1-27-16(18(22,23)24)12(8-25-27)17(28)26-15-7-10(19)3-4-11(15)9-2-5-13(20)14(21)6-9/h2-8H,1H3,(H,26,28). The summed E-state index contributed by atoms with van der Waals surface area (Å²) in [5, 5.41) is 5.61. The first-order valence-electron chi connectivity index (χ1n) is 7.73. The predicted octanol–water partition coefficient (Wildman–Crippen LogP) is 4.78. The maximum atomic E-state index is 13.6. The molecule has 0 spiro atoms. The van der Waals surface area contributed by atoms with Crippen molar-refractivity contribution in [3.05, 3.63) is 71.3 Å². The van der Waals surface area contributed by atoms with Crippen LogP contribution in [0.1, 0.15) is 16.1 Å². The normalized spacial score (nSPS) is 11.5. The zero-order chi connectivity index (χ0) is 20.6. The Morgan fingerprint density at radius 2 is 1.75 bits per heavy atom. The largest absolute Gasteiger partial charge is 0.433 e. The van der Waals surface area contributed by atoms with Crippen molar-refractivity contribution in [3.63, 3.8) is 0 Å². The van der Waals surface area contributed by atoms with Crippen molar-refractivity contribution in [1.29, 1.82) is 0 Å². The summed E-state index contributed by atoms with van der Waals surface area (Å²) in [5.74, 6) is -4.26. The van der Waals surface area contributed by atoms with Crippen LogP contribution in [0.15, 0.2) is 42.6 Å². The number of rotatable bonds is 3. The van der Waals surface area contributed by atoms with E-state index in [1.807, 2.05) is 0 Å². The molecule has 0 fully saturated rings. The second kappa shape index (κ2) is 7.02. The molecular weight excluding hydrogens is 388 g/mol. The second-order valence-electron chi connectivity index (χ2n) is 5.80. The Bertz CT molecular complexity index is 1060.